The van der Waals surface area contributed by atoms with Gasteiger partial charge in [0.05, 0.1) is 0 Å². The van der Waals surface area contributed by atoms with Crippen LogP contribution in [0.2, 0.25) is 0 Å². The lowest BCUT2D eigenvalue weighted by atomic mass is 10.1. The second kappa shape index (κ2) is 9.45. The molecule has 23 heavy (non-hydrogen) atoms. The number of H-pyrrole nitrogens is 1. The molecule has 3 N–H and O–H groups in total. The predicted octanol–water partition coefficient (Wildman–Crippen LogP) is 3.16. The monoisotopic (exact) mass is 336 g/mol. The largest absolute Gasteiger partial charge is 0.361 e. The highest BCUT2D eigenvalue weighted by molar-refractivity contribution is 7.98. The van der Waals surface area contributed by atoms with E-state index in [4.69, 9.17) is 0 Å². The smallest absolute Gasteiger partial charge is 0.190 e. The number of aromatic amines is 1. The summed E-state index contributed by atoms with van der Waals surface area (Å²) in [6, 6.07) is 4.83. The van der Waals surface area contributed by atoms with Crippen LogP contribution in [0.1, 0.15) is 18.4 Å². The van der Waals surface area contributed by atoms with Gasteiger partial charge in [0.1, 0.15) is 5.82 Å². The molecule has 0 atom stereocenters. The number of rotatable bonds is 8. The van der Waals surface area contributed by atoms with Crippen LogP contribution in [0, 0.1) is 5.82 Å². The lowest BCUT2D eigenvalue weighted by Gasteiger charge is -2.11. The number of aromatic nitrogens is 1. The molecule has 4 nitrogen and oxygen atoms in total. The van der Waals surface area contributed by atoms with E-state index in [-0.39, 0.29) is 5.82 Å². The van der Waals surface area contributed by atoms with Crippen LogP contribution in [0.4, 0.5) is 4.39 Å². The summed E-state index contributed by atoms with van der Waals surface area (Å²) >= 11 is 1.88. The molecular weight excluding hydrogens is 311 g/mol. The van der Waals surface area contributed by atoms with E-state index >= 15 is 0 Å². The summed E-state index contributed by atoms with van der Waals surface area (Å²) in [6.07, 6.45) is 7.25. The van der Waals surface area contributed by atoms with Crippen molar-refractivity contribution in [3.05, 3.63) is 35.8 Å². The molecule has 0 amide bonds. The number of guanidine groups is 1. The standard InChI is InChI=1S/C17H25FN4S/c1-19-17(20-8-3-4-10-23-2)21-9-7-13-12-22-16-6-5-14(18)11-15(13)16/h5-6,11-12,22H,3-4,7-10H2,1-2H3,(H2,19,20,21). The molecule has 0 unspecified atom stereocenters. The molecule has 0 fully saturated rings. The van der Waals surface area contributed by atoms with E-state index in [1.807, 2.05) is 18.0 Å². The highest BCUT2D eigenvalue weighted by Crippen LogP contribution is 2.19. The fraction of sp³-hybridized carbons (Fsp3) is 0.471. The lowest BCUT2D eigenvalue weighted by molar-refractivity contribution is 0.629. The Kier molecular flexibility index (Phi) is 7.26. The maximum Gasteiger partial charge on any atom is 0.190 e. The maximum absolute atomic E-state index is 13.4. The van der Waals surface area contributed by atoms with E-state index in [0.29, 0.717) is 0 Å². The number of hydrogen-bond acceptors (Lipinski definition) is 2. The third kappa shape index (κ3) is 5.46. The average molecular weight is 336 g/mol. The van der Waals surface area contributed by atoms with Crippen molar-refractivity contribution in [2.24, 2.45) is 4.99 Å². The second-order valence-electron chi connectivity index (χ2n) is 5.38. The molecule has 0 aliphatic carbocycles. The van der Waals surface area contributed by atoms with Crippen LogP contribution in [0.5, 0.6) is 0 Å². The SMILES string of the molecule is CN=C(NCCCCSC)NCCc1c[nH]c2ccc(F)cc12. The number of benzene rings is 1. The van der Waals surface area contributed by atoms with E-state index in [1.165, 1.54) is 18.2 Å². The minimum atomic E-state index is -0.200. The third-order valence-electron chi connectivity index (χ3n) is 3.71. The molecule has 6 heteroatoms. The number of nitrogens with zero attached hydrogens (tertiary/aromatic N) is 1. The highest BCUT2D eigenvalue weighted by Gasteiger charge is 2.05. The van der Waals surface area contributed by atoms with Crippen molar-refractivity contribution in [3.63, 3.8) is 0 Å². The van der Waals surface area contributed by atoms with Crippen molar-refractivity contribution < 1.29 is 4.39 Å². The van der Waals surface area contributed by atoms with Crippen molar-refractivity contribution in [2.45, 2.75) is 19.3 Å². The van der Waals surface area contributed by atoms with Gasteiger partial charge in [0.2, 0.25) is 0 Å². The first-order valence-electron chi connectivity index (χ1n) is 7.93. The van der Waals surface area contributed by atoms with E-state index in [9.17, 15) is 4.39 Å². The van der Waals surface area contributed by atoms with E-state index < -0.39 is 0 Å². The van der Waals surface area contributed by atoms with Crippen molar-refractivity contribution in [2.75, 3.05) is 32.1 Å². The zero-order valence-corrected chi connectivity index (χ0v) is 14.6. The first-order chi connectivity index (χ1) is 11.2. The number of thioether (sulfide) groups is 1. The van der Waals surface area contributed by atoms with Gasteiger partial charge >= 0.3 is 0 Å². The first kappa shape index (κ1) is 17.7. The maximum atomic E-state index is 13.4. The van der Waals surface area contributed by atoms with Gasteiger partial charge in [0.25, 0.3) is 0 Å². The molecule has 0 spiro atoms. The van der Waals surface area contributed by atoms with Crippen LogP contribution >= 0.6 is 11.8 Å². The molecule has 126 valence electrons. The molecule has 1 aromatic carbocycles. The fourth-order valence-electron chi connectivity index (χ4n) is 2.47. The number of nitrogens with one attached hydrogen (secondary N) is 3. The number of fused-ring (bicyclic) bond motifs is 1. The van der Waals surface area contributed by atoms with Crippen LogP contribution in [-0.2, 0) is 6.42 Å². The molecule has 0 radical (unpaired) electrons. The predicted molar refractivity (Wildman–Crippen MR) is 98.9 cm³/mol. The second-order valence-corrected chi connectivity index (χ2v) is 6.37. The van der Waals surface area contributed by atoms with Gasteiger partial charge in [-0.05, 0) is 55.0 Å². The summed E-state index contributed by atoms with van der Waals surface area (Å²) in [5, 5.41) is 7.57. The number of aliphatic imine (C=N–C) groups is 1. The molecule has 2 rings (SSSR count). The Morgan fingerprint density at radius 2 is 2.09 bits per heavy atom. The topological polar surface area (TPSA) is 52.2 Å². The first-order valence-corrected chi connectivity index (χ1v) is 9.33. The Labute approximate surface area is 141 Å². The summed E-state index contributed by atoms with van der Waals surface area (Å²) < 4.78 is 13.4. The Morgan fingerprint density at radius 3 is 2.87 bits per heavy atom. The van der Waals surface area contributed by atoms with Gasteiger partial charge in [0.15, 0.2) is 5.96 Å². The Morgan fingerprint density at radius 1 is 1.26 bits per heavy atom. The van der Waals surface area contributed by atoms with Crippen LogP contribution < -0.4 is 10.6 Å². The van der Waals surface area contributed by atoms with E-state index in [0.717, 1.165) is 48.4 Å². The zero-order valence-electron chi connectivity index (χ0n) is 13.8. The lowest BCUT2D eigenvalue weighted by Crippen LogP contribution is -2.38. The third-order valence-corrected chi connectivity index (χ3v) is 4.40. The van der Waals surface area contributed by atoms with Gasteiger partial charge in [-0.15, -0.1) is 0 Å². The normalized spacial score (nSPS) is 11.9. The number of halogens is 1. The van der Waals surface area contributed by atoms with Gasteiger partial charge in [-0.2, -0.15) is 11.8 Å². The molecule has 1 aromatic heterocycles. The summed E-state index contributed by atoms with van der Waals surface area (Å²) in [5.74, 6) is 1.82. The minimum absolute atomic E-state index is 0.200. The molecule has 0 aliphatic heterocycles. The number of hydrogen-bond donors (Lipinski definition) is 3. The van der Waals surface area contributed by atoms with Crippen LogP contribution in [0.3, 0.4) is 0 Å². The molecular formula is C17H25FN4S. The number of unbranched alkanes of at least 4 members (excludes halogenated alkanes) is 1. The van der Waals surface area contributed by atoms with Gasteiger partial charge in [-0.1, -0.05) is 0 Å². The minimum Gasteiger partial charge on any atom is -0.361 e. The summed E-state index contributed by atoms with van der Waals surface area (Å²) in [5.41, 5.74) is 2.08. The van der Waals surface area contributed by atoms with Crippen molar-refractivity contribution in [1.82, 2.24) is 15.6 Å². The molecule has 0 saturated carbocycles. The van der Waals surface area contributed by atoms with Crippen molar-refractivity contribution >= 4 is 28.6 Å². The zero-order chi connectivity index (χ0) is 16.5. The fourth-order valence-corrected chi connectivity index (χ4v) is 2.96. The van der Waals surface area contributed by atoms with Crippen LogP contribution in [-0.4, -0.2) is 43.1 Å². The Hall–Kier alpha value is -1.69. The quantitative estimate of drug-likeness (QED) is 0.394. The molecule has 2 aromatic rings. The highest BCUT2D eigenvalue weighted by atomic mass is 32.2. The Bertz CT molecular complexity index is 639. The van der Waals surface area contributed by atoms with Gasteiger partial charge < -0.3 is 15.6 Å². The summed E-state index contributed by atoms with van der Waals surface area (Å²) in [4.78, 5) is 7.40. The molecule has 0 aliphatic rings. The summed E-state index contributed by atoms with van der Waals surface area (Å²) in [7, 11) is 1.78. The van der Waals surface area contributed by atoms with Crippen molar-refractivity contribution in [1.29, 1.82) is 0 Å². The van der Waals surface area contributed by atoms with Gasteiger partial charge in [0, 0.05) is 37.2 Å². The molecule has 1 heterocycles. The molecule has 0 bridgehead atoms. The summed E-state index contributed by atoms with van der Waals surface area (Å²) in [6.45, 7) is 1.69. The average Bonchev–Trinajstić information content (AvgIpc) is 2.95. The van der Waals surface area contributed by atoms with Crippen LogP contribution in [0.25, 0.3) is 10.9 Å². The van der Waals surface area contributed by atoms with E-state index in [1.54, 1.807) is 19.2 Å². The van der Waals surface area contributed by atoms with Crippen molar-refractivity contribution in [3.8, 4) is 0 Å². The van der Waals surface area contributed by atoms with Gasteiger partial charge in [-0.25, -0.2) is 4.39 Å². The van der Waals surface area contributed by atoms with Gasteiger partial charge in [-0.3, -0.25) is 4.99 Å². The van der Waals surface area contributed by atoms with E-state index in [2.05, 4.69) is 26.9 Å². The molecule has 0 saturated heterocycles. The Balaban J connectivity index is 1.77. The van der Waals surface area contributed by atoms with Crippen LogP contribution in [0.15, 0.2) is 29.4 Å².